The van der Waals surface area contributed by atoms with Crippen molar-refractivity contribution in [1.29, 1.82) is 0 Å². The number of halogens is 3. The molecule has 5 nitrogen and oxygen atoms in total. The van der Waals surface area contributed by atoms with Gasteiger partial charge >= 0.3 is 0 Å². The molecule has 3 N–H and O–H groups in total. The van der Waals surface area contributed by atoms with Gasteiger partial charge in [0.25, 0.3) is 12.0 Å². The van der Waals surface area contributed by atoms with Crippen molar-refractivity contribution < 1.29 is 17.2 Å². The van der Waals surface area contributed by atoms with Crippen molar-refractivity contribution in [3.63, 3.8) is 0 Å². The summed E-state index contributed by atoms with van der Waals surface area (Å²) in [5.74, 6) is 0. The highest BCUT2D eigenvalue weighted by Crippen LogP contribution is 2.25. The highest BCUT2D eigenvalue weighted by molar-refractivity contribution is 14.1. The monoisotopic (exact) mass is 350 g/mol. The van der Waals surface area contributed by atoms with Gasteiger partial charge in [0.2, 0.25) is 10.0 Å². The molecule has 1 aromatic rings. The normalized spacial score (nSPS) is 12.1. The molecule has 0 amide bonds. The van der Waals surface area contributed by atoms with Crippen LogP contribution in [0.4, 0.5) is 8.78 Å². The minimum atomic E-state index is -4.30. The molecular formula is C6H5F2IN2O3S. The average molecular weight is 350 g/mol. The van der Waals surface area contributed by atoms with Crippen LogP contribution in [0.1, 0.15) is 12.0 Å². The van der Waals surface area contributed by atoms with Crippen LogP contribution in [0.25, 0.3) is 0 Å². The molecule has 0 aliphatic rings. The van der Waals surface area contributed by atoms with E-state index in [0.29, 0.717) is 0 Å². The van der Waals surface area contributed by atoms with Crippen LogP contribution in [0.2, 0.25) is 0 Å². The molecule has 0 saturated carbocycles. The van der Waals surface area contributed by atoms with Crippen LogP contribution in [0.5, 0.6) is 0 Å². The summed E-state index contributed by atoms with van der Waals surface area (Å²) < 4.78 is 46.3. The summed E-state index contributed by atoms with van der Waals surface area (Å²) in [6.07, 6.45) is -2.11. The molecule has 0 aliphatic carbocycles. The van der Waals surface area contributed by atoms with E-state index in [0.717, 1.165) is 6.20 Å². The molecule has 0 radical (unpaired) electrons. The van der Waals surface area contributed by atoms with Gasteiger partial charge in [-0.25, -0.2) is 22.3 Å². The Labute approximate surface area is 96.9 Å². The van der Waals surface area contributed by atoms with E-state index in [4.69, 9.17) is 5.14 Å². The lowest BCUT2D eigenvalue weighted by Crippen LogP contribution is -2.25. The van der Waals surface area contributed by atoms with E-state index >= 15 is 0 Å². The number of sulfonamides is 1. The first-order valence-corrected chi connectivity index (χ1v) is 6.09. The van der Waals surface area contributed by atoms with Gasteiger partial charge < -0.3 is 4.98 Å². The van der Waals surface area contributed by atoms with Gasteiger partial charge in [-0.2, -0.15) is 0 Å². The van der Waals surface area contributed by atoms with E-state index in [2.05, 4.69) is 0 Å². The lowest BCUT2D eigenvalue weighted by atomic mass is 10.3. The van der Waals surface area contributed by atoms with Crippen molar-refractivity contribution in [2.75, 3.05) is 0 Å². The standard InChI is InChI=1S/C6H5F2IN2O3S/c7-5(8)2-1-11-6(12)4(3(2)9)15(10,13)14/h1,5H,(H,11,12)(H2,10,13,14). The van der Waals surface area contributed by atoms with Gasteiger partial charge in [-0.05, 0) is 22.6 Å². The zero-order chi connectivity index (χ0) is 11.8. The van der Waals surface area contributed by atoms with Gasteiger partial charge in [-0.1, -0.05) is 0 Å². The number of hydrogen-bond acceptors (Lipinski definition) is 3. The van der Waals surface area contributed by atoms with Crippen LogP contribution >= 0.6 is 22.6 Å². The van der Waals surface area contributed by atoms with Crippen molar-refractivity contribution in [3.05, 3.63) is 25.7 Å². The lowest BCUT2D eigenvalue weighted by molar-refractivity contribution is 0.149. The summed E-state index contributed by atoms with van der Waals surface area (Å²) >= 11 is 1.35. The van der Waals surface area contributed by atoms with Crippen molar-refractivity contribution in [1.82, 2.24) is 4.98 Å². The van der Waals surface area contributed by atoms with Gasteiger partial charge in [0, 0.05) is 15.3 Å². The third kappa shape index (κ3) is 2.52. The Hall–Kier alpha value is -0.550. The molecule has 0 fully saturated rings. The minimum absolute atomic E-state index is 0.353. The number of aromatic amines is 1. The Balaban J connectivity index is 3.66. The smallest absolute Gasteiger partial charge is 0.269 e. The van der Waals surface area contributed by atoms with Crippen LogP contribution in [-0.4, -0.2) is 13.4 Å². The second kappa shape index (κ2) is 4.14. The average Bonchev–Trinajstić information content (AvgIpc) is 2.00. The Bertz CT molecular complexity index is 540. The highest BCUT2D eigenvalue weighted by atomic mass is 127. The maximum atomic E-state index is 12.4. The van der Waals surface area contributed by atoms with E-state index < -0.39 is 32.5 Å². The number of hydrogen-bond donors (Lipinski definition) is 2. The lowest BCUT2D eigenvalue weighted by Gasteiger charge is -2.06. The fourth-order valence-electron chi connectivity index (χ4n) is 0.916. The maximum absolute atomic E-state index is 12.4. The fourth-order valence-corrected chi connectivity index (χ4v) is 3.16. The van der Waals surface area contributed by atoms with E-state index in [9.17, 15) is 22.0 Å². The van der Waals surface area contributed by atoms with Crippen LogP contribution in [-0.2, 0) is 10.0 Å². The number of rotatable bonds is 2. The number of aromatic nitrogens is 1. The molecular weight excluding hydrogens is 345 g/mol. The summed E-state index contributed by atoms with van der Waals surface area (Å²) in [4.78, 5) is 12.2. The summed E-state index contributed by atoms with van der Waals surface area (Å²) in [6.45, 7) is 0. The van der Waals surface area contributed by atoms with Crippen molar-refractivity contribution in [2.24, 2.45) is 5.14 Å². The van der Waals surface area contributed by atoms with Gasteiger partial charge in [-0.15, -0.1) is 0 Å². The molecule has 1 heterocycles. The Morgan fingerprint density at radius 3 is 2.40 bits per heavy atom. The maximum Gasteiger partial charge on any atom is 0.269 e. The molecule has 0 bridgehead atoms. The SMILES string of the molecule is NS(=O)(=O)c1c(I)c(C(F)F)c[nH]c1=O. The summed E-state index contributed by atoms with van der Waals surface area (Å²) in [6, 6.07) is 0. The molecule has 9 heteroatoms. The third-order valence-corrected chi connectivity index (χ3v) is 4.02. The second-order valence-corrected chi connectivity index (χ2v) is 5.14. The zero-order valence-electron chi connectivity index (χ0n) is 7.00. The first-order valence-electron chi connectivity index (χ1n) is 3.47. The Kier molecular flexibility index (Phi) is 3.45. The van der Waals surface area contributed by atoms with E-state index in [-0.39, 0.29) is 3.57 Å². The molecule has 0 aliphatic heterocycles. The van der Waals surface area contributed by atoms with Crippen molar-refractivity contribution >= 4 is 32.6 Å². The van der Waals surface area contributed by atoms with Gasteiger partial charge in [0.1, 0.15) is 0 Å². The van der Waals surface area contributed by atoms with Crippen LogP contribution < -0.4 is 10.7 Å². The first-order chi connectivity index (χ1) is 6.75. The number of H-pyrrole nitrogens is 1. The minimum Gasteiger partial charge on any atom is -0.327 e. The number of nitrogens with one attached hydrogen (secondary N) is 1. The van der Waals surface area contributed by atoms with Crippen molar-refractivity contribution in [2.45, 2.75) is 11.3 Å². The fraction of sp³-hybridized carbons (Fsp3) is 0.167. The zero-order valence-corrected chi connectivity index (χ0v) is 9.97. The van der Waals surface area contributed by atoms with Gasteiger partial charge in [-0.3, -0.25) is 4.79 Å². The third-order valence-electron chi connectivity index (χ3n) is 1.54. The summed E-state index contributed by atoms with van der Waals surface area (Å²) in [5.41, 5.74) is -1.58. The molecule has 0 aromatic carbocycles. The summed E-state index contributed by atoms with van der Waals surface area (Å²) in [7, 11) is -4.30. The predicted octanol–water partition coefficient (Wildman–Crippen LogP) is 0.565. The first kappa shape index (κ1) is 12.5. The topological polar surface area (TPSA) is 93.0 Å². The second-order valence-electron chi connectivity index (χ2n) is 2.56. The highest BCUT2D eigenvalue weighted by Gasteiger charge is 2.23. The van der Waals surface area contributed by atoms with Crippen LogP contribution in [0, 0.1) is 3.57 Å². The Morgan fingerprint density at radius 2 is 2.00 bits per heavy atom. The number of primary sulfonamides is 1. The molecule has 0 atom stereocenters. The molecule has 1 rings (SSSR count). The Morgan fingerprint density at radius 1 is 1.47 bits per heavy atom. The molecule has 1 aromatic heterocycles. The van der Waals surface area contributed by atoms with Gasteiger partial charge in [0.05, 0.1) is 0 Å². The molecule has 0 unspecified atom stereocenters. The van der Waals surface area contributed by atoms with E-state index in [1.165, 1.54) is 22.6 Å². The summed E-state index contributed by atoms with van der Waals surface area (Å²) in [5, 5.41) is 4.73. The van der Waals surface area contributed by atoms with Crippen LogP contribution in [0.3, 0.4) is 0 Å². The quantitative estimate of drug-likeness (QED) is 0.764. The predicted molar refractivity (Wildman–Crippen MR) is 56.1 cm³/mol. The molecule has 84 valence electrons. The van der Waals surface area contributed by atoms with Gasteiger partial charge in [0.15, 0.2) is 4.90 Å². The number of pyridine rings is 1. The van der Waals surface area contributed by atoms with E-state index in [1.807, 2.05) is 4.98 Å². The molecule has 15 heavy (non-hydrogen) atoms. The van der Waals surface area contributed by atoms with Crippen molar-refractivity contribution in [3.8, 4) is 0 Å². The molecule has 0 spiro atoms. The number of alkyl halides is 2. The van der Waals surface area contributed by atoms with Crippen LogP contribution in [0.15, 0.2) is 15.9 Å². The largest absolute Gasteiger partial charge is 0.327 e. The van der Waals surface area contributed by atoms with E-state index in [1.54, 1.807) is 0 Å². The number of nitrogens with two attached hydrogens (primary N) is 1. The molecule has 0 saturated heterocycles.